The van der Waals surface area contributed by atoms with Crippen molar-refractivity contribution in [2.75, 3.05) is 45.1 Å². The van der Waals surface area contributed by atoms with Gasteiger partial charge in [0.05, 0.1) is 30.7 Å². The van der Waals surface area contributed by atoms with Crippen molar-refractivity contribution < 1.29 is 13.2 Å². The number of ether oxygens (including phenoxy) is 1. The molecule has 0 bridgehead atoms. The van der Waals surface area contributed by atoms with Gasteiger partial charge < -0.3 is 15.0 Å². The molecular weight excluding hydrogens is 495 g/mol. The molecular formula is C17H33IN6O3S. The molecule has 1 aliphatic heterocycles. The molecule has 2 heterocycles. The average Bonchev–Trinajstić information content (AvgIpc) is 3.03. The third-order valence-electron chi connectivity index (χ3n) is 4.37. The van der Waals surface area contributed by atoms with Crippen LogP contribution in [0.5, 0.6) is 0 Å². The van der Waals surface area contributed by atoms with Crippen LogP contribution in [0.3, 0.4) is 0 Å². The Hall–Kier alpha value is -0.920. The first-order valence-corrected chi connectivity index (χ1v) is 11.0. The summed E-state index contributed by atoms with van der Waals surface area (Å²) in [7, 11) is -1.39. The van der Waals surface area contributed by atoms with Gasteiger partial charge in [-0.15, -0.1) is 24.0 Å². The van der Waals surface area contributed by atoms with E-state index in [2.05, 4.69) is 20.3 Å². The summed E-state index contributed by atoms with van der Waals surface area (Å²) >= 11 is 0. The van der Waals surface area contributed by atoms with Gasteiger partial charge in [-0.05, 0) is 26.8 Å². The van der Waals surface area contributed by atoms with Crippen molar-refractivity contribution in [3.05, 3.63) is 18.0 Å². The van der Waals surface area contributed by atoms with Gasteiger partial charge in [-0.1, -0.05) is 0 Å². The normalized spacial score (nSPS) is 16.3. The standard InChI is InChI=1S/C17H32N6O3S.HI/c1-5-18-17(19-14-16-6-7-20-21(16)4)22-8-10-23(11-9-22)27(24,25)13-12-26-15(2)3;/h6-7,15H,5,8-14H2,1-4H3,(H,18,19);1H. The van der Waals surface area contributed by atoms with Crippen LogP contribution in [0, 0.1) is 0 Å². The Morgan fingerprint density at radius 1 is 1.32 bits per heavy atom. The van der Waals surface area contributed by atoms with E-state index in [0.29, 0.717) is 32.7 Å². The fraction of sp³-hybridized carbons (Fsp3) is 0.765. The Labute approximate surface area is 185 Å². The van der Waals surface area contributed by atoms with Gasteiger partial charge >= 0.3 is 0 Å². The van der Waals surface area contributed by atoms with Crippen molar-refractivity contribution in [2.45, 2.75) is 33.4 Å². The molecule has 0 unspecified atom stereocenters. The molecule has 28 heavy (non-hydrogen) atoms. The van der Waals surface area contributed by atoms with Crippen LogP contribution in [0.15, 0.2) is 17.3 Å². The number of nitrogens with zero attached hydrogens (tertiary/aromatic N) is 5. The van der Waals surface area contributed by atoms with Crippen LogP contribution in [0.4, 0.5) is 0 Å². The van der Waals surface area contributed by atoms with Gasteiger partial charge in [-0.3, -0.25) is 4.68 Å². The molecule has 0 spiro atoms. The molecule has 0 aliphatic carbocycles. The second-order valence-corrected chi connectivity index (χ2v) is 8.83. The molecule has 9 nitrogen and oxygen atoms in total. The quantitative estimate of drug-likeness (QED) is 0.306. The minimum absolute atomic E-state index is 0. The van der Waals surface area contributed by atoms with E-state index in [1.54, 1.807) is 15.2 Å². The Balaban J connectivity index is 0.00000392. The number of aliphatic imine (C=N–C) groups is 1. The molecule has 2 rings (SSSR count). The van der Waals surface area contributed by atoms with Crippen LogP contribution < -0.4 is 5.32 Å². The molecule has 1 saturated heterocycles. The highest BCUT2D eigenvalue weighted by Crippen LogP contribution is 2.10. The smallest absolute Gasteiger partial charge is 0.216 e. The number of sulfonamides is 1. The number of aryl methyl sites for hydroxylation is 1. The molecule has 0 amide bonds. The van der Waals surface area contributed by atoms with Gasteiger partial charge in [-0.2, -0.15) is 9.40 Å². The number of halogens is 1. The summed E-state index contributed by atoms with van der Waals surface area (Å²) < 4.78 is 33.7. The number of aromatic nitrogens is 2. The van der Waals surface area contributed by atoms with Gasteiger partial charge in [0, 0.05) is 46.0 Å². The zero-order valence-corrected chi connectivity index (χ0v) is 20.3. The lowest BCUT2D eigenvalue weighted by Crippen LogP contribution is -2.54. The monoisotopic (exact) mass is 528 g/mol. The fourth-order valence-electron chi connectivity index (χ4n) is 2.83. The van der Waals surface area contributed by atoms with Crippen molar-refractivity contribution >= 4 is 40.0 Å². The maximum Gasteiger partial charge on any atom is 0.216 e. The number of hydrogen-bond donors (Lipinski definition) is 1. The first-order chi connectivity index (χ1) is 12.8. The average molecular weight is 528 g/mol. The van der Waals surface area contributed by atoms with Crippen LogP contribution in [0.2, 0.25) is 0 Å². The van der Waals surface area contributed by atoms with Crippen molar-refractivity contribution in [3.63, 3.8) is 0 Å². The number of rotatable bonds is 8. The summed E-state index contributed by atoms with van der Waals surface area (Å²) in [5.41, 5.74) is 1.02. The van der Waals surface area contributed by atoms with Crippen molar-refractivity contribution in [1.29, 1.82) is 0 Å². The largest absolute Gasteiger partial charge is 0.378 e. The molecule has 0 saturated carbocycles. The van der Waals surface area contributed by atoms with E-state index in [1.165, 1.54) is 0 Å². The number of nitrogens with one attached hydrogen (secondary N) is 1. The third-order valence-corrected chi connectivity index (χ3v) is 6.21. The van der Waals surface area contributed by atoms with E-state index in [9.17, 15) is 8.42 Å². The highest BCUT2D eigenvalue weighted by molar-refractivity contribution is 14.0. The third kappa shape index (κ3) is 7.48. The topological polar surface area (TPSA) is 92.1 Å². The van der Waals surface area contributed by atoms with E-state index in [0.717, 1.165) is 18.2 Å². The van der Waals surface area contributed by atoms with Crippen molar-refractivity contribution in [3.8, 4) is 0 Å². The Morgan fingerprint density at radius 2 is 2.00 bits per heavy atom. The van der Waals surface area contributed by atoms with Crippen LogP contribution in [-0.2, 0) is 28.4 Å². The predicted molar refractivity (Wildman–Crippen MR) is 121 cm³/mol. The second-order valence-electron chi connectivity index (χ2n) is 6.74. The molecule has 162 valence electrons. The summed E-state index contributed by atoms with van der Waals surface area (Å²) in [5.74, 6) is 0.832. The molecule has 1 aromatic rings. The highest BCUT2D eigenvalue weighted by Gasteiger charge is 2.28. The van der Waals surface area contributed by atoms with Gasteiger partial charge in [0.25, 0.3) is 0 Å². The molecule has 1 aromatic heterocycles. The van der Waals surface area contributed by atoms with Crippen LogP contribution in [0.1, 0.15) is 26.5 Å². The lowest BCUT2D eigenvalue weighted by Gasteiger charge is -2.35. The summed E-state index contributed by atoms with van der Waals surface area (Å²) in [6, 6.07) is 1.94. The van der Waals surface area contributed by atoms with E-state index >= 15 is 0 Å². The summed E-state index contributed by atoms with van der Waals surface area (Å²) in [6.45, 7) is 9.49. The van der Waals surface area contributed by atoms with Crippen molar-refractivity contribution in [1.82, 2.24) is 24.3 Å². The SMILES string of the molecule is CCNC(=NCc1ccnn1C)N1CCN(S(=O)(=O)CCOC(C)C)CC1.I. The molecule has 0 aromatic carbocycles. The summed E-state index contributed by atoms with van der Waals surface area (Å²) in [4.78, 5) is 6.79. The van der Waals surface area contributed by atoms with E-state index in [-0.39, 0.29) is 42.4 Å². The lowest BCUT2D eigenvalue weighted by atomic mass is 10.4. The number of hydrogen-bond acceptors (Lipinski definition) is 5. The predicted octanol–water partition coefficient (Wildman–Crippen LogP) is 0.876. The lowest BCUT2D eigenvalue weighted by molar-refractivity contribution is 0.0904. The molecule has 0 radical (unpaired) electrons. The first-order valence-electron chi connectivity index (χ1n) is 9.43. The van der Waals surface area contributed by atoms with Gasteiger partial charge in [0.2, 0.25) is 10.0 Å². The minimum atomic E-state index is -3.28. The van der Waals surface area contributed by atoms with Gasteiger partial charge in [0.15, 0.2) is 5.96 Å². The highest BCUT2D eigenvalue weighted by atomic mass is 127. The Kier molecular flexibility index (Phi) is 10.7. The molecule has 11 heteroatoms. The first kappa shape index (κ1) is 25.1. The Morgan fingerprint density at radius 3 is 2.54 bits per heavy atom. The number of guanidine groups is 1. The maximum atomic E-state index is 12.5. The molecule has 0 atom stereocenters. The maximum absolute atomic E-state index is 12.5. The zero-order chi connectivity index (χ0) is 19.9. The van der Waals surface area contributed by atoms with Crippen LogP contribution >= 0.6 is 24.0 Å². The molecule has 1 fully saturated rings. The van der Waals surface area contributed by atoms with Gasteiger partial charge in [0.1, 0.15) is 0 Å². The van der Waals surface area contributed by atoms with E-state index in [1.807, 2.05) is 33.9 Å². The van der Waals surface area contributed by atoms with E-state index < -0.39 is 10.0 Å². The van der Waals surface area contributed by atoms with Gasteiger partial charge in [-0.25, -0.2) is 13.4 Å². The molecule has 1 aliphatic rings. The zero-order valence-electron chi connectivity index (χ0n) is 17.2. The second kappa shape index (κ2) is 11.9. The fourth-order valence-corrected chi connectivity index (χ4v) is 4.12. The van der Waals surface area contributed by atoms with Crippen LogP contribution in [0.25, 0.3) is 0 Å². The number of piperazine rings is 1. The summed E-state index contributed by atoms with van der Waals surface area (Å²) in [6.07, 6.45) is 1.79. The van der Waals surface area contributed by atoms with Crippen molar-refractivity contribution in [2.24, 2.45) is 12.0 Å². The molecule has 1 N–H and O–H groups in total. The summed E-state index contributed by atoms with van der Waals surface area (Å²) in [5, 5.41) is 7.45. The Bertz CT molecular complexity index is 714. The van der Waals surface area contributed by atoms with Crippen LogP contribution in [-0.4, -0.2) is 84.6 Å². The minimum Gasteiger partial charge on any atom is -0.378 e. The van der Waals surface area contributed by atoms with E-state index in [4.69, 9.17) is 4.74 Å².